The molecule has 0 aromatic carbocycles. The fraction of sp³-hybridized carbons (Fsp3) is 0.647. The zero-order valence-electron chi connectivity index (χ0n) is 13.8. The van der Waals surface area contributed by atoms with Crippen LogP contribution in [0.5, 0.6) is 5.88 Å². The van der Waals surface area contributed by atoms with Gasteiger partial charge < -0.3 is 14.5 Å². The second-order valence-electron chi connectivity index (χ2n) is 6.31. The Labute approximate surface area is 142 Å². The molecule has 1 aromatic heterocycles. The number of rotatable bonds is 4. The van der Waals surface area contributed by atoms with Crippen LogP contribution >= 0.6 is 11.6 Å². The van der Waals surface area contributed by atoms with E-state index in [0.29, 0.717) is 29.2 Å². The number of carbonyl (C=O) groups is 1. The topological polar surface area (TPSA) is 45.7 Å². The summed E-state index contributed by atoms with van der Waals surface area (Å²) in [5.41, 5.74) is 0.310. The van der Waals surface area contributed by atoms with E-state index in [1.807, 2.05) is 11.8 Å². The molecule has 2 saturated heterocycles. The van der Waals surface area contributed by atoms with Crippen molar-refractivity contribution in [3.05, 3.63) is 22.8 Å². The summed E-state index contributed by atoms with van der Waals surface area (Å²) in [6, 6.07) is 4.12. The lowest BCUT2D eigenvalue weighted by molar-refractivity contribution is 0.0657. The zero-order chi connectivity index (χ0) is 16.4. The number of pyridine rings is 1. The molecule has 2 unspecified atom stereocenters. The minimum Gasteiger partial charge on any atom is -0.478 e. The number of likely N-dealkylation sites (N-methyl/N-ethyl adjacent to an activating group) is 1. The monoisotopic (exact) mass is 337 g/mol. The van der Waals surface area contributed by atoms with Gasteiger partial charge in [-0.15, -0.1) is 0 Å². The van der Waals surface area contributed by atoms with Crippen molar-refractivity contribution in [1.82, 2.24) is 14.8 Å². The van der Waals surface area contributed by atoms with Crippen LogP contribution < -0.4 is 4.74 Å². The number of ether oxygens (including phenoxy) is 1. The molecule has 23 heavy (non-hydrogen) atoms. The molecule has 2 aliphatic rings. The van der Waals surface area contributed by atoms with Gasteiger partial charge in [-0.05, 0) is 52.3 Å². The van der Waals surface area contributed by atoms with Crippen LogP contribution in [0.1, 0.15) is 43.1 Å². The lowest BCUT2D eigenvalue weighted by atomic mass is 10.0. The third kappa shape index (κ3) is 3.31. The van der Waals surface area contributed by atoms with Crippen LogP contribution in [0, 0.1) is 0 Å². The Morgan fingerprint density at radius 1 is 1.30 bits per heavy atom. The minimum absolute atomic E-state index is 0.0700. The van der Waals surface area contributed by atoms with Gasteiger partial charge in [0, 0.05) is 24.7 Å². The minimum atomic E-state index is -0.0700. The highest BCUT2D eigenvalue weighted by Gasteiger charge is 2.39. The van der Waals surface area contributed by atoms with Gasteiger partial charge >= 0.3 is 0 Å². The number of hydrogen-bond acceptors (Lipinski definition) is 4. The van der Waals surface area contributed by atoms with Gasteiger partial charge in [0.1, 0.15) is 0 Å². The Hall–Kier alpha value is -1.33. The molecular weight excluding hydrogens is 314 g/mol. The largest absolute Gasteiger partial charge is 0.478 e. The number of carbonyl (C=O) groups excluding carboxylic acids is 1. The van der Waals surface area contributed by atoms with Crippen molar-refractivity contribution in [3.8, 4) is 5.88 Å². The summed E-state index contributed by atoms with van der Waals surface area (Å²) < 4.78 is 5.41. The van der Waals surface area contributed by atoms with Crippen molar-refractivity contribution >= 4 is 17.5 Å². The molecule has 1 amide bonds. The molecule has 0 N–H and O–H groups in total. The molecule has 2 atom stereocenters. The predicted octanol–water partition coefficient (Wildman–Crippen LogP) is 2.83. The van der Waals surface area contributed by atoms with E-state index in [4.69, 9.17) is 16.3 Å². The Balaban J connectivity index is 1.82. The summed E-state index contributed by atoms with van der Waals surface area (Å²) in [7, 11) is 2.15. The standard InChI is InChI=1S/C17H24ClN3O2/c1-3-23-15-9-8-12(18)16(19-15)17(22)21-11-5-7-14(21)13-6-4-10-20(13)2/h8-9,13-14H,3-7,10-11H2,1-2H3. The van der Waals surface area contributed by atoms with Crippen LogP contribution in [0.15, 0.2) is 12.1 Å². The summed E-state index contributed by atoms with van der Waals surface area (Å²) in [6.45, 7) is 4.30. The third-order valence-corrected chi connectivity index (χ3v) is 5.20. The van der Waals surface area contributed by atoms with Gasteiger partial charge in [-0.3, -0.25) is 4.79 Å². The van der Waals surface area contributed by atoms with E-state index in [2.05, 4.69) is 16.9 Å². The SMILES string of the molecule is CCOc1ccc(Cl)c(C(=O)N2CCCC2C2CCCN2C)n1. The average molecular weight is 338 g/mol. The van der Waals surface area contributed by atoms with Gasteiger partial charge in [-0.1, -0.05) is 11.6 Å². The molecule has 1 aromatic rings. The number of aromatic nitrogens is 1. The van der Waals surface area contributed by atoms with Crippen molar-refractivity contribution in [2.75, 3.05) is 26.7 Å². The van der Waals surface area contributed by atoms with Gasteiger partial charge in [0.15, 0.2) is 5.69 Å². The van der Waals surface area contributed by atoms with Crippen molar-refractivity contribution < 1.29 is 9.53 Å². The lowest BCUT2D eigenvalue weighted by Gasteiger charge is -2.33. The first-order valence-electron chi connectivity index (χ1n) is 8.42. The molecule has 126 valence electrons. The van der Waals surface area contributed by atoms with Crippen LogP contribution in [0.25, 0.3) is 0 Å². The van der Waals surface area contributed by atoms with Crippen LogP contribution in [0.3, 0.4) is 0 Å². The average Bonchev–Trinajstić information content (AvgIpc) is 3.17. The molecule has 0 radical (unpaired) electrons. The van der Waals surface area contributed by atoms with Gasteiger partial charge in [0.2, 0.25) is 5.88 Å². The summed E-state index contributed by atoms with van der Waals surface area (Å²) in [6.07, 6.45) is 4.47. The number of amides is 1. The van der Waals surface area contributed by atoms with Crippen molar-refractivity contribution in [3.63, 3.8) is 0 Å². The van der Waals surface area contributed by atoms with Crippen molar-refractivity contribution in [1.29, 1.82) is 0 Å². The number of halogens is 1. The second-order valence-corrected chi connectivity index (χ2v) is 6.72. The Morgan fingerprint density at radius 2 is 2.04 bits per heavy atom. The summed E-state index contributed by atoms with van der Waals surface area (Å²) >= 11 is 6.23. The number of nitrogens with zero attached hydrogens (tertiary/aromatic N) is 3. The van der Waals surface area contributed by atoms with Crippen LogP contribution in [0.2, 0.25) is 5.02 Å². The lowest BCUT2D eigenvalue weighted by Crippen LogP contribution is -2.47. The second kappa shape index (κ2) is 7.05. The van der Waals surface area contributed by atoms with Crippen molar-refractivity contribution in [2.45, 2.75) is 44.7 Å². The van der Waals surface area contributed by atoms with E-state index >= 15 is 0 Å². The molecule has 6 heteroatoms. The Kier molecular flexibility index (Phi) is 5.07. The molecule has 2 fully saturated rings. The highest BCUT2D eigenvalue weighted by molar-refractivity contribution is 6.33. The predicted molar refractivity (Wildman–Crippen MR) is 90.1 cm³/mol. The quantitative estimate of drug-likeness (QED) is 0.847. The van der Waals surface area contributed by atoms with E-state index in [9.17, 15) is 4.79 Å². The molecule has 3 rings (SSSR count). The zero-order valence-corrected chi connectivity index (χ0v) is 14.6. The fourth-order valence-corrected chi connectivity index (χ4v) is 3.99. The Bertz CT molecular complexity index is 581. The van der Waals surface area contributed by atoms with E-state index in [1.54, 1.807) is 12.1 Å². The third-order valence-electron chi connectivity index (χ3n) is 4.90. The van der Waals surface area contributed by atoms with E-state index in [1.165, 1.54) is 6.42 Å². The molecule has 0 bridgehead atoms. The fourth-order valence-electron chi connectivity index (χ4n) is 3.81. The van der Waals surface area contributed by atoms with Crippen LogP contribution in [-0.4, -0.2) is 59.5 Å². The summed E-state index contributed by atoms with van der Waals surface area (Å²) in [5.74, 6) is 0.383. The highest BCUT2D eigenvalue weighted by atomic mass is 35.5. The van der Waals surface area contributed by atoms with Crippen molar-refractivity contribution in [2.24, 2.45) is 0 Å². The maximum atomic E-state index is 13.0. The molecule has 0 spiro atoms. The summed E-state index contributed by atoms with van der Waals surface area (Å²) in [5, 5.41) is 0.392. The van der Waals surface area contributed by atoms with Gasteiger partial charge in [-0.2, -0.15) is 0 Å². The van der Waals surface area contributed by atoms with E-state index in [0.717, 1.165) is 32.4 Å². The van der Waals surface area contributed by atoms with Gasteiger partial charge in [0.25, 0.3) is 5.91 Å². The number of hydrogen-bond donors (Lipinski definition) is 0. The summed E-state index contributed by atoms with van der Waals surface area (Å²) in [4.78, 5) is 21.7. The van der Waals surface area contributed by atoms with E-state index < -0.39 is 0 Å². The number of likely N-dealkylation sites (tertiary alicyclic amines) is 2. The first-order chi connectivity index (χ1) is 11.1. The maximum absolute atomic E-state index is 13.0. The van der Waals surface area contributed by atoms with Gasteiger partial charge in [0.05, 0.1) is 11.6 Å². The normalized spacial score (nSPS) is 25.1. The highest BCUT2D eigenvalue weighted by Crippen LogP contribution is 2.31. The molecule has 2 aliphatic heterocycles. The molecule has 0 saturated carbocycles. The first kappa shape index (κ1) is 16.5. The maximum Gasteiger partial charge on any atom is 0.274 e. The molecule has 5 nitrogen and oxygen atoms in total. The molecule has 0 aliphatic carbocycles. The van der Waals surface area contributed by atoms with E-state index in [-0.39, 0.29) is 11.9 Å². The Morgan fingerprint density at radius 3 is 2.74 bits per heavy atom. The smallest absolute Gasteiger partial charge is 0.274 e. The molecular formula is C17H24ClN3O2. The van der Waals surface area contributed by atoms with Crippen LogP contribution in [-0.2, 0) is 0 Å². The first-order valence-corrected chi connectivity index (χ1v) is 8.80. The van der Waals surface area contributed by atoms with Crippen LogP contribution in [0.4, 0.5) is 0 Å². The molecule has 3 heterocycles. The van der Waals surface area contributed by atoms with Gasteiger partial charge in [-0.25, -0.2) is 4.98 Å².